The summed E-state index contributed by atoms with van der Waals surface area (Å²) in [5.41, 5.74) is 2.46. The molecule has 0 saturated carbocycles. The van der Waals surface area contributed by atoms with E-state index in [1.165, 1.54) is 0 Å². The number of benzene rings is 2. The highest BCUT2D eigenvalue weighted by Gasteiger charge is 2.17. The number of sulfone groups is 1. The van der Waals surface area contributed by atoms with E-state index in [2.05, 4.69) is 0 Å². The van der Waals surface area contributed by atoms with Gasteiger partial charge in [0.2, 0.25) is 0 Å². The molecular formula is C18H21ClO4S. The molecule has 24 heavy (non-hydrogen) atoms. The summed E-state index contributed by atoms with van der Waals surface area (Å²) in [5, 5.41) is 0.552. The smallest absolute Gasteiger partial charge is 0.188 e. The van der Waals surface area contributed by atoms with Gasteiger partial charge >= 0.3 is 0 Å². The van der Waals surface area contributed by atoms with E-state index in [0.717, 1.165) is 16.7 Å². The molecular weight excluding hydrogens is 348 g/mol. The first-order valence-electron chi connectivity index (χ1n) is 7.64. The van der Waals surface area contributed by atoms with Gasteiger partial charge < -0.3 is 9.47 Å². The van der Waals surface area contributed by atoms with Crippen molar-refractivity contribution >= 4 is 21.4 Å². The fourth-order valence-corrected chi connectivity index (χ4v) is 3.95. The average Bonchev–Trinajstić information content (AvgIpc) is 2.54. The molecule has 0 heterocycles. The molecule has 6 heteroatoms. The second-order valence-electron chi connectivity index (χ2n) is 5.49. The van der Waals surface area contributed by atoms with Gasteiger partial charge in [0.1, 0.15) is 5.75 Å². The highest BCUT2D eigenvalue weighted by Crippen LogP contribution is 2.36. The van der Waals surface area contributed by atoms with Crippen LogP contribution in [0.3, 0.4) is 0 Å². The molecule has 0 radical (unpaired) electrons. The van der Waals surface area contributed by atoms with Crippen LogP contribution in [0.1, 0.15) is 18.9 Å². The van der Waals surface area contributed by atoms with Crippen LogP contribution >= 0.6 is 11.6 Å². The molecule has 130 valence electrons. The number of methoxy groups -OCH3 is 1. The minimum atomic E-state index is -3.30. The van der Waals surface area contributed by atoms with E-state index in [1.807, 2.05) is 13.8 Å². The molecule has 2 aromatic carbocycles. The van der Waals surface area contributed by atoms with E-state index in [0.29, 0.717) is 22.1 Å². The van der Waals surface area contributed by atoms with Gasteiger partial charge in [-0.15, -0.1) is 0 Å². The van der Waals surface area contributed by atoms with E-state index in [-0.39, 0.29) is 12.5 Å². The lowest BCUT2D eigenvalue weighted by Crippen LogP contribution is -2.06. The predicted molar refractivity (Wildman–Crippen MR) is 96.5 cm³/mol. The summed E-state index contributed by atoms with van der Waals surface area (Å²) >= 11 is 6.13. The zero-order valence-corrected chi connectivity index (χ0v) is 15.6. The number of hydrogen-bond donors (Lipinski definition) is 0. The van der Waals surface area contributed by atoms with E-state index >= 15 is 0 Å². The Morgan fingerprint density at radius 1 is 1.08 bits per heavy atom. The summed E-state index contributed by atoms with van der Waals surface area (Å²) in [5.74, 6) is 0.715. The fourth-order valence-electron chi connectivity index (χ4n) is 2.43. The Morgan fingerprint density at radius 3 is 2.50 bits per heavy atom. The molecule has 0 bridgehead atoms. The van der Waals surface area contributed by atoms with Crippen LogP contribution in [0.25, 0.3) is 11.1 Å². The van der Waals surface area contributed by atoms with Gasteiger partial charge in [0, 0.05) is 17.7 Å². The van der Waals surface area contributed by atoms with Gasteiger partial charge in [0.25, 0.3) is 0 Å². The lowest BCUT2D eigenvalue weighted by atomic mass is 10.00. The van der Waals surface area contributed by atoms with E-state index < -0.39 is 9.84 Å². The minimum Gasteiger partial charge on any atom is -0.467 e. The summed E-state index contributed by atoms with van der Waals surface area (Å²) < 4.78 is 35.3. The van der Waals surface area contributed by atoms with Crippen molar-refractivity contribution in [1.82, 2.24) is 0 Å². The Morgan fingerprint density at radius 2 is 1.83 bits per heavy atom. The third kappa shape index (κ3) is 4.29. The highest BCUT2D eigenvalue weighted by atomic mass is 35.5. The van der Waals surface area contributed by atoms with E-state index in [1.54, 1.807) is 43.5 Å². The van der Waals surface area contributed by atoms with Crippen LogP contribution in [0.15, 0.2) is 41.3 Å². The van der Waals surface area contributed by atoms with Crippen molar-refractivity contribution < 1.29 is 17.9 Å². The van der Waals surface area contributed by atoms with Crippen molar-refractivity contribution in [3.8, 4) is 16.9 Å². The van der Waals surface area contributed by atoms with Crippen molar-refractivity contribution in [2.75, 3.05) is 19.7 Å². The SMILES string of the molecule is CCCS(=O)(=O)c1ccc(C)c(-c2cc(Cl)ccc2OCOC)c1. The van der Waals surface area contributed by atoms with Crippen molar-refractivity contribution in [1.29, 1.82) is 0 Å². The van der Waals surface area contributed by atoms with Crippen LogP contribution in [0.4, 0.5) is 0 Å². The molecule has 0 atom stereocenters. The summed E-state index contributed by atoms with van der Waals surface area (Å²) in [7, 11) is -1.76. The van der Waals surface area contributed by atoms with E-state index in [4.69, 9.17) is 21.1 Å². The Labute approximate surface area is 148 Å². The molecule has 0 fully saturated rings. The molecule has 0 amide bonds. The normalized spacial score (nSPS) is 11.5. The second kappa shape index (κ2) is 8.01. The molecule has 0 aliphatic carbocycles. The molecule has 2 rings (SSSR count). The zero-order chi connectivity index (χ0) is 17.7. The molecule has 0 N–H and O–H groups in total. The number of hydrogen-bond acceptors (Lipinski definition) is 4. The molecule has 0 saturated heterocycles. The summed E-state index contributed by atoms with van der Waals surface area (Å²) in [4.78, 5) is 0.308. The Balaban J connectivity index is 2.58. The van der Waals surface area contributed by atoms with Gasteiger partial charge in [-0.1, -0.05) is 24.6 Å². The van der Waals surface area contributed by atoms with E-state index in [9.17, 15) is 8.42 Å². The molecule has 2 aromatic rings. The third-order valence-corrected chi connectivity index (χ3v) is 5.76. The lowest BCUT2D eigenvalue weighted by molar-refractivity contribution is 0.0515. The number of halogens is 1. The fraction of sp³-hybridized carbons (Fsp3) is 0.333. The van der Waals surface area contributed by atoms with Crippen molar-refractivity contribution in [2.24, 2.45) is 0 Å². The molecule has 0 unspecified atom stereocenters. The van der Waals surface area contributed by atoms with Crippen LogP contribution in [-0.2, 0) is 14.6 Å². The topological polar surface area (TPSA) is 52.6 Å². The van der Waals surface area contributed by atoms with Crippen molar-refractivity contribution in [3.63, 3.8) is 0 Å². The van der Waals surface area contributed by atoms with Crippen LogP contribution in [0.5, 0.6) is 5.75 Å². The maximum atomic E-state index is 12.4. The number of aryl methyl sites for hydroxylation is 1. The van der Waals surface area contributed by atoms with Crippen molar-refractivity contribution in [3.05, 3.63) is 47.0 Å². The third-order valence-electron chi connectivity index (χ3n) is 3.61. The van der Waals surface area contributed by atoms with Gasteiger partial charge in [0.05, 0.1) is 10.6 Å². The first-order chi connectivity index (χ1) is 11.4. The molecule has 0 aromatic heterocycles. The first-order valence-corrected chi connectivity index (χ1v) is 9.67. The standard InChI is InChI=1S/C18H21ClO4S/c1-4-9-24(20,21)15-7-5-13(2)16(11-15)17-10-14(19)6-8-18(17)23-12-22-3/h5-8,10-11H,4,9,12H2,1-3H3. The van der Waals surface area contributed by atoms with Gasteiger partial charge in [-0.2, -0.15) is 0 Å². The van der Waals surface area contributed by atoms with Gasteiger partial charge in [-0.25, -0.2) is 8.42 Å². The predicted octanol–water partition coefficient (Wildman–Crippen LogP) is 4.48. The number of ether oxygens (including phenoxy) is 2. The Bertz CT molecular complexity index is 816. The summed E-state index contributed by atoms with van der Waals surface area (Å²) in [6.45, 7) is 3.87. The molecule has 0 aliphatic heterocycles. The molecule has 4 nitrogen and oxygen atoms in total. The molecule has 0 aliphatic rings. The van der Waals surface area contributed by atoms with Gasteiger partial charge in [0.15, 0.2) is 16.6 Å². The highest BCUT2D eigenvalue weighted by molar-refractivity contribution is 7.91. The van der Waals surface area contributed by atoms with Crippen molar-refractivity contribution in [2.45, 2.75) is 25.2 Å². The maximum absolute atomic E-state index is 12.4. The minimum absolute atomic E-state index is 0.0987. The average molecular weight is 369 g/mol. The van der Waals surface area contributed by atoms with Crippen LogP contribution in [0.2, 0.25) is 5.02 Å². The second-order valence-corrected chi connectivity index (χ2v) is 8.03. The maximum Gasteiger partial charge on any atom is 0.188 e. The Kier molecular flexibility index (Phi) is 6.27. The molecule has 0 spiro atoms. The van der Waals surface area contributed by atoms with Gasteiger partial charge in [-0.05, 0) is 54.8 Å². The first kappa shape index (κ1) is 18.8. The van der Waals surface area contributed by atoms with Crippen LogP contribution in [0, 0.1) is 6.92 Å². The van der Waals surface area contributed by atoms with Crippen LogP contribution < -0.4 is 4.74 Å². The monoisotopic (exact) mass is 368 g/mol. The Hall–Kier alpha value is -1.56. The quantitative estimate of drug-likeness (QED) is 0.676. The van der Waals surface area contributed by atoms with Gasteiger partial charge in [-0.3, -0.25) is 0 Å². The lowest BCUT2D eigenvalue weighted by Gasteiger charge is -2.15. The van der Waals surface area contributed by atoms with Crippen LogP contribution in [-0.4, -0.2) is 28.1 Å². The summed E-state index contributed by atoms with van der Waals surface area (Å²) in [6, 6.07) is 10.4. The largest absolute Gasteiger partial charge is 0.467 e. The zero-order valence-electron chi connectivity index (χ0n) is 14.0. The summed E-state index contributed by atoms with van der Waals surface area (Å²) in [6.07, 6.45) is 0.574. The number of rotatable bonds is 7.